The molecular weight excluding hydrogens is 95.1 g/mol. The Morgan fingerprint density at radius 3 is 1.86 bits per heavy atom. The maximum absolute atomic E-state index is 11.9. The van der Waals surface area contributed by atoms with Crippen LogP contribution in [-0.4, -0.2) is 7.11 Å². The molecule has 0 aliphatic carbocycles. The quantitative estimate of drug-likeness (QED) is 0.461. The SMILES string of the molecule is COC(F)=C(C)C. The molecule has 0 atom stereocenters. The number of methoxy groups -OCH3 is 1. The first-order valence-corrected chi connectivity index (χ1v) is 2.05. The van der Waals surface area contributed by atoms with Gasteiger partial charge in [0, 0.05) is 0 Å². The first kappa shape index (κ1) is 6.47. The average Bonchev–Trinajstić information content (AvgIpc) is 1.65. The van der Waals surface area contributed by atoms with Gasteiger partial charge in [0.05, 0.1) is 7.11 Å². The Bertz CT molecular complexity index is 82.1. The van der Waals surface area contributed by atoms with Crippen LogP contribution >= 0.6 is 0 Å². The minimum atomic E-state index is -0.486. The average molecular weight is 104 g/mol. The first-order chi connectivity index (χ1) is 3.18. The Kier molecular flexibility index (Phi) is 2.41. The van der Waals surface area contributed by atoms with E-state index in [1.165, 1.54) is 7.11 Å². The smallest absolute Gasteiger partial charge is 0.271 e. The largest absolute Gasteiger partial charge is 0.474 e. The van der Waals surface area contributed by atoms with Crippen molar-refractivity contribution in [3.63, 3.8) is 0 Å². The van der Waals surface area contributed by atoms with Gasteiger partial charge in [-0.3, -0.25) is 0 Å². The van der Waals surface area contributed by atoms with E-state index >= 15 is 0 Å². The molecule has 0 aromatic carbocycles. The Hall–Kier alpha value is -0.530. The fraction of sp³-hybridized carbons (Fsp3) is 0.600. The van der Waals surface area contributed by atoms with E-state index in [-0.39, 0.29) is 0 Å². The van der Waals surface area contributed by atoms with E-state index in [1.54, 1.807) is 13.8 Å². The van der Waals surface area contributed by atoms with Crippen LogP contribution in [0, 0.1) is 0 Å². The van der Waals surface area contributed by atoms with Crippen molar-refractivity contribution in [3.8, 4) is 0 Å². The minimum Gasteiger partial charge on any atom is -0.474 e. The zero-order valence-electron chi connectivity index (χ0n) is 4.79. The summed E-state index contributed by atoms with van der Waals surface area (Å²) in [5.41, 5.74) is 0.572. The van der Waals surface area contributed by atoms with Crippen LogP contribution in [0.1, 0.15) is 13.8 Å². The van der Waals surface area contributed by atoms with Crippen molar-refractivity contribution in [3.05, 3.63) is 11.6 Å². The van der Waals surface area contributed by atoms with Crippen molar-refractivity contribution >= 4 is 0 Å². The number of allylic oxidation sites excluding steroid dienone is 1. The highest BCUT2D eigenvalue weighted by molar-refractivity contribution is 4.93. The Morgan fingerprint density at radius 2 is 1.86 bits per heavy atom. The Labute approximate surface area is 42.8 Å². The lowest BCUT2D eigenvalue weighted by molar-refractivity contribution is 0.198. The highest BCUT2D eigenvalue weighted by Crippen LogP contribution is 2.02. The van der Waals surface area contributed by atoms with Crippen molar-refractivity contribution in [2.45, 2.75) is 13.8 Å². The molecule has 0 unspecified atom stereocenters. The topological polar surface area (TPSA) is 9.23 Å². The standard InChI is InChI=1S/C5H9FO/c1-4(2)5(6)7-3/h1-3H3. The minimum absolute atomic E-state index is 0.486. The van der Waals surface area contributed by atoms with Gasteiger partial charge in [0.2, 0.25) is 0 Å². The summed E-state index contributed by atoms with van der Waals surface area (Å²) in [4.78, 5) is 0. The van der Waals surface area contributed by atoms with Crippen LogP contribution in [0.4, 0.5) is 4.39 Å². The molecular formula is C5H9FO. The van der Waals surface area contributed by atoms with Crippen molar-refractivity contribution < 1.29 is 9.13 Å². The molecule has 0 amide bonds. The van der Waals surface area contributed by atoms with E-state index in [9.17, 15) is 4.39 Å². The van der Waals surface area contributed by atoms with Gasteiger partial charge in [-0.1, -0.05) is 0 Å². The highest BCUT2D eigenvalue weighted by Gasteiger charge is 1.89. The molecule has 0 aromatic rings. The molecule has 0 rings (SSSR count). The molecule has 0 saturated heterocycles. The third-order valence-electron chi connectivity index (χ3n) is 0.572. The summed E-state index contributed by atoms with van der Waals surface area (Å²) >= 11 is 0. The molecule has 0 bridgehead atoms. The van der Waals surface area contributed by atoms with E-state index in [4.69, 9.17) is 0 Å². The molecule has 0 N–H and O–H groups in total. The summed E-state index contributed by atoms with van der Waals surface area (Å²) < 4.78 is 16.1. The van der Waals surface area contributed by atoms with Gasteiger partial charge in [-0.05, 0) is 19.4 Å². The number of halogens is 1. The molecule has 0 fully saturated rings. The number of ether oxygens (including phenoxy) is 1. The monoisotopic (exact) mass is 104 g/mol. The van der Waals surface area contributed by atoms with Crippen LogP contribution in [0.15, 0.2) is 11.6 Å². The number of hydrogen-bond acceptors (Lipinski definition) is 1. The van der Waals surface area contributed by atoms with Gasteiger partial charge >= 0.3 is 0 Å². The van der Waals surface area contributed by atoms with Gasteiger partial charge in [0.15, 0.2) is 0 Å². The predicted molar refractivity (Wildman–Crippen MR) is 26.5 cm³/mol. The molecule has 1 nitrogen and oxygen atoms in total. The molecule has 0 aromatic heterocycles. The molecule has 0 radical (unpaired) electrons. The molecule has 42 valence electrons. The van der Waals surface area contributed by atoms with Gasteiger partial charge < -0.3 is 4.74 Å². The molecule has 0 heterocycles. The normalized spacial score (nSPS) is 8.00. The molecule has 0 spiro atoms. The van der Waals surface area contributed by atoms with Gasteiger partial charge in [0.1, 0.15) is 0 Å². The maximum atomic E-state index is 11.9. The summed E-state index contributed by atoms with van der Waals surface area (Å²) in [7, 11) is 1.31. The first-order valence-electron chi connectivity index (χ1n) is 2.05. The van der Waals surface area contributed by atoms with Crippen LogP contribution in [-0.2, 0) is 4.74 Å². The van der Waals surface area contributed by atoms with Crippen molar-refractivity contribution in [1.82, 2.24) is 0 Å². The second-order valence-electron chi connectivity index (χ2n) is 1.48. The predicted octanol–water partition coefficient (Wildman–Crippen LogP) is 1.85. The molecule has 0 aliphatic heterocycles. The second-order valence-corrected chi connectivity index (χ2v) is 1.48. The van der Waals surface area contributed by atoms with E-state index in [0.29, 0.717) is 5.57 Å². The third-order valence-corrected chi connectivity index (χ3v) is 0.572. The van der Waals surface area contributed by atoms with E-state index in [2.05, 4.69) is 4.74 Å². The van der Waals surface area contributed by atoms with Gasteiger partial charge in [0.25, 0.3) is 6.01 Å². The second kappa shape index (κ2) is 2.61. The summed E-state index contributed by atoms with van der Waals surface area (Å²) in [5, 5.41) is 0. The van der Waals surface area contributed by atoms with E-state index in [0.717, 1.165) is 0 Å². The molecule has 7 heavy (non-hydrogen) atoms. The van der Waals surface area contributed by atoms with Gasteiger partial charge in [-0.25, -0.2) is 0 Å². The highest BCUT2D eigenvalue weighted by atomic mass is 19.1. The van der Waals surface area contributed by atoms with Crippen LogP contribution in [0.5, 0.6) is 0 Å². The zero-order valence-corrected chi connectivity index (χ0v) is 4.79. The van der Waals surface area contributed by atoms with Crippen LogP contribution < -0.4 is 0 Å². The fourth-order valence-corrected chi connectivity index (χ4v) is 0.204. The van der Waals surface area contributed by atoms with Crippen LogP contribution in [0.25, 0.3) is 0 Å². The lowest BCUT2D eigenvalue weighted by Gasteiger charge is -1.92. The maximum Gasteiger partial charge on any atom is 0.271 e. The molecule has 0 aliphatic rings. The Balaban J connectivity index is 3.72. The summed E-state index contributed by atoms with van der Waals surface area (Å²) in [5.74, 6) is 0. The van der Waals surface area contributed by atoms with Crippen molar-refractivity contribution in [2.24, 2.45) is 0 Å². The summed E-state index contributed by atoms with van der Waals surface area (Å²) in [6.07, 6.45) is 0. The lowest BCUT2D eigenvalue weighted by Crippen LogP contribution is -1.78. The van der Waals surface area contributed by atoms with Gasteiger partial charge in [-0.2, -0.15) is 4.39 Å². The third kappa shape index (κ3) is 2.20. The zero-order chi connectivity index (χ0) is 5.86. The Morgan fingerprint density at radius 1 is 1.43 bits per heavy atom. The lowest BCUT2D eigenvalue weighted by atomic mass is 10.4. The van der Waals surface area contributed by atoms with Gasteiger partial charge in [-0.15, -0.1) is 0 Å². The summed E-state index contributed by atoms with van der Waals surface area (Å²) in [6.45, 7) is 3.30. The number of hydrogen-bond donors (Lipinski definition) is 0. The van der Waals surface area contributed by atoms with E-state index in [1.807, 2.05) is 0 Å². The molecule has 0 saturated carbocycles. The summed E-state index contributed by atoms with van der Waals surface area (Å²) in [6, 6.07) is -0.486. The fourth-order valence-electron chi connectivity index (χ4n) is 0.204. The number of rotatable bonds is 1. The van der Waals surface area contributed by atoms with Crippen molar-refractivity contribution in [1.29, 1.82) is 0 Å². The van der Waals surface area contributed by atoms with Crippen LogP contribution in [0.3, 0.4) is 0 Å². The van der Waals surface area contributed by atoms with Crippen molar-refractivity contribution in [2.75, 3.05) is 7.11 Å². The molecule has 2 heteroatoms. The van der Waals surface area contributed by atoms with Crippen LogP contribution in [0.2, 0.25) is 0 Å². The van der Waals surface area contributed by atoms with E-state index < -0.39 is 6.01 Å².